The number of piperazine rings is 1. The van der Waals surface area contributed by atoms with Gasteiger partial charge in [0.25, 0.3) is 0 Å². The molecule has 0 radical (unpaired) electrons. The molecule has 114 valence electrons. The van der Waals surface area contributed by atoms with Crippen LogP contribution < -0.4 is 5.73 Å². The highest BCUT2D eigenvalue weighted by atomic mass is 32.2. The third-order valence-corrected chi connectivity index (χ3v) is 5.52. The normalized spacial score (nSPS) is 17.6. The molecule has 0 spiro atoms. The zero-order chi connectivity index (χ0) is 15.6. The number of sulfonamides is 1. The number of hydrogen-bond acceptors (Lipinski definition) is 4. The molecule has 2 N–H and O–H groups in total. The maximum atomic E-state index is 13.7. The molecule has 1 heterocycles. The Labute approximate surface area is 124 Å². The van der Waals surface area contributed by atoms with Crippen molar-refractivity contribution in [1.82, 2.24) is 9.21 Å². The highest BCUT2D eigenvalue weighted by molar-refractivity contribution is 7.89. The van der Waals surface area contributed by atoms with Gasteiger partial charge in [-0.2, -0.15) is 4.31 Å². The Morgan fingerprint density at radius 2 is 1.95 bits per heavy atom. The molecule has 0 bridgehead atoms. The second-order valence-corrected chi connectivity index (χ2v) is 6.94. The van der Waals surface area contributed by atoms with Crippen LogP contribution in [0, 0.1) is 25.1 Å². The van der Waals surface area contributed by atoms with Crippen LogP contribution in [-0.4, -0.2) is 50.3 Å². The molecular weight excluding hydrogens is 293 g/mol. The van der Waals surface area contributed by atoms with Gasteiger partial charge in [-0.15, -0.1) is 6.42 Å². The monoisotopic (exact) mass is 311 g/mol. The van der Waals surface area contributed by atoms with Crippen LogP contribution in [0.15, 0.2) is 17.0 Å². The zero-order valence-corrected chi connectivity index (χ0v) is 12.7. The van der Waals surface area contributed by atoms with Crippen LogP contribution in [-0.2, 0) is 10.0 Å². The zero-order valence-electron chi connectivity index (χ0n) is 11.8. The van der Waals surface area contributed by atoms with Gasteiger partial charge in [-0.05, 0) is 19.1 Å². The average Bonchev–Trinajstić information content (AvgIpc) is 2.45. The Morgan fingerprint density at radius 3 is 2.48 bits per heavy atom. The molecule has 0 atom stereocenters. The fourth-order valence-electron chi connectivity index (χ4n) is 2.23. The van der Waals surface area contributed by atoms with Gasteiger partial charge in [0.05, 0.1) is 11.4 Å². The molecule has 0 aromatic heterocycles. The third kappa shape index (κ3) is 3.18. The summed E-state index contributed by atoms with van der Waals surface area (Å²) in [4.78, 5) is 1.89. The summed E-state index contributed by atoms with van der Waals surface area (Å²) in [5.41, 5.74) is 6.05. The average molecular weight is 311 g/mol. The van der Waals surface area contributed by atoms with E-state index in [1.807, 2.05) is 4.90 Å². The summed E-state index contributed by atoms with van der Waals surface area (Å²) in [6.45, 7) is 3.80. The van der Waals surface area contributed by atoms with Crippen LogP contribution in [0.3, 0.4) is 0 Å². The van der Waals surface area contributed by atoms with Crippen molar-refractivity contribution in [3.05, 3.63) is 23.5 Å². The first-order valence-corrected chi connectivity index (χ1v) is 8.02. The minimum atomic E-state index is -3.73. The van der Waals surface area contributed by atoms with Crippen molar-refractivity contribution in [2.45, 2.75) is 11.8 Å². The number of terminal acetylenes is 1. The molecule has 0 unspecified atom stereocenters. The molecule has 21 heavy (non-hydrogen) atoms. The summed E-state index contributed by atoms with van der Waals surface area (Å²) >= 11 is 0. The topological polar surface area (TPSA) is 66.6 Å². The van der Waals surface area contributed by atoms with E-state index in [1.54, 1.807) is 0 Å². The Hall–Kier alpha value is -1.62. The van der Waals surface area contributed by atoms with Gasteiger partial charge in [0.1, 0.15) is 5.82 Å². The lowest BCUT2D eigenvalue weighted by atomic mass is 10.2. The van der Waals surface area contributed by atoms with Gasteiger partial charge in [0.15, 0.2) is 0 Å². The van der Waals surface area contributed by atoms with Crippen LogP contribution >= 0.6 is 0 Å². The molecule has 1 aromatic carbocycles. The molecule has 1 fully saturated rings. The molecule has 1 aromatic rings. The Bertz CT molecular complexity index is 651. The van der Waals surface area contributed by atoms with Crippen LogP contribution in [0.25, 0.3) is 0 Å². The number of benzene rings is 1. The lowest BCUT2D eigenvalue weighted by Crippen LogP contribution is -2.48. The number of anilines is 1. The second-order valence-electron chi connectivity index (χ2n) is 5.00. The van der Waals surface area contributed by atoms with Crippen LogP contribution in [0.1, 0.15) is 5.56 Å². The highest BCUT2D eigenvalue weighted by Crippen LogP contribution is 2.24. The molecule has 2 rings (SSSR count). The second kappa shape index (κ2) is 6.02. The standard InChI is InChI=1S/C14H18FN3O2S/c1-3-4-17-5-7-18(8-6-17)21(19,20)12-9-13(15)11(2)14(16)10-12/h1,9-10H,4-8,16H2,2H3. The van der Waals surface area contributed by atoms with Crippen molar-refractivity contribution in [3.8, 4) is 12.3 Å². The molecule has 1 aliphatic rings. The van der Waals surface area contributed by atoms with Gasteiger partial charge in [0.2, 0.25) is 10.0 Å². The summed E-state index contributed by atoms with van der Waals surface area (Å²) in [6.07, 6.45) is 5.24. The van der Waals surface area contributed by atoms with Gasteiger partial charge < -0.3 is 5.73 Å². The molecule has 0 saturated carbocycles. The lowest BCUT2D eigenvalue weighted by molar-refractivity contribution is 0.207. The largest absolute Gasteiger partial charge is 0.398 e. The van der Waals surface area contributed by atoms with Gasteiger partial charge in [-0.1, -0.05) is 5.92 Å². The Balaban J connectivity index is 2.22. The summed E-state index contributed by atoms with van der Waals surface area (Å²) in [5.74, 6) is 1.92. The van der Waals surface area contributed by atoms with E-state index < -0.39 is 15.8 Å². The number of rotatable bonds is 3. The number of halogens is 1. The van der Waals surface area contributed by atoms with Gasteiger partial charge >= 0.3 is 0 Å². The predicted molar refractivity (Wildman–Crippen MR) is 79.6 cm³/mol. The quantitative estimate of drug-likeness (QED) is 0.658. The van der Waals surface area contributed by atoms with Crippen molar-refractivity contribution in [2.24, 2.45) is 0 Å². The molecule has 0 aliphatic carbocycles. The fourth-order valence-corrected chi connectivity index (χ4v) is 3.70. The highest BCUT2D eigenvalue weighted by Gasteiger charge is 2.29. The van der Waals surface area contributed by atoms with Crippen molar-refractivity contribution in [2.75, 3.05) is 38.5 Å². The van der Waals surface area contributed by atoms with Crippen molar-refractivity contribution in [1.29, 1.82) is 0 Å². The molecule has 7 heteroatoms. The first-order valence-electron chi connectivity index (χ1n) is 6.58. The maximum absolute atomic E-state index is 13.7. The molecular formula is C14H18FN3O2S. The van der Waals surface area contributed by atoms with E-state index in [2.05, 4.69) is 5.92 Å². The maximum Gasteiger partial charge on any atom is 0.243 e. The lowest BCUT2D eigenvalue weighted by Gasteiger charge is -2.32. The van der Waals surface area contributed by atoms with E-state index in [-0.39, 0.29) is 16.1 Å². The minimum absolute atomic E-state index is 0.103. The molecule has 0 amide bonds. The van der Waals surface area contributed by atoms with Crippen LogP contribution in [0.2, 0.25) is 0 Å². The predicted octanol–water partition coefficient (Wildman–Crippen LogP) is 0.656. The van der Waals surface area contributed by atoms with Crippen LogP contribution in [0.4, 0.5) is 10.1 Å². The Morgan fingerprint density at radius 1 is 1.33 bits per heavy atom. The summed E-state index contributed by atoms with van der Waals surface area (Å²) in [7, 11) is -3.73. The minimum Gasteiger partial charge on any atom is -0.398 e. The van der Waals surface area contributed by atoms with E-state index >= 15 is 0 Å². The van der Waals surface area contributed by atoms with Crippen molar-refractivity contribution >= 4 is 15.7 Å². The first kappa shape index (κ1) is 15.8. The van der Waals surface area contributed by atoms with Gasteiger partial charge in [0, 0.05) is 37.4 Å². The molecule has 5 nitrogen and oxygen atoms in total. The van der Waals surface area contributed by atoms with E-state index in [0.29, 0.717) is 32.7 Å². The smallest absolute Gasteiger partial charge is 0.243 e. The van der Waals surface area contributed by atoms with E-state index in [0.717, 1.165) is 6.07 Å². The van der Waals surface area contributed by atoms with Crippen LogP contribution in [0.5, 0.6) is 0 Å². The van der Waals surface area contributed by atoms with E-state index in [9.17, 15) is 12.8 Å². The van der Waals surface area contributed by atoms with Gasteiger partial charge in [-0.3, -0.25) is 4.90 Å². The number of nitrogen functional groups attached to an aromatic ring is 1. The number of hydrogen-bond donors (Lipinski definition) is 1. The number of nitrogens with zero attached hydrogens (tertiary/aromatic N) is 2. The number of nitrogens with two attached hydrogens (primary N) is 1. The fraction of sp³-hybridized carbons (Fsp3) is 0.429. The van der Waals surface area contributed by atoms with Crippen molar-refractivity contribution < 1.29 is 12.8 Å². The van der Waals surface area contributed by atoms with E-state index in [1.165, 1.54) is 17.3 Å². The first-order chi connectivity index (χ1) is 9.86. The SMILES string of the molecule is C#CCN1CCN(S(=O)(=O)c2cc(N)c(C)c(F)c2)CC1. The molecule has 1 saturated heterocycles. The Kier molecular flexibility index (Phi) is 4.52. The van der Waals surface area contributed by atoms with Crippen molar-refractivity contribution in [3.63, 3.8) is 0 Å². The summed E-state index contributed by atoms with van der Waals surface area (Å²) < 4.78 is 40.1. The third-order valence-electron chi connectivity index (χ3n) is 3.64. The molecule has 1 aliphatic heterocycles. The van der Waals surface area contributed by atoms with E-state index in [4.69, 9.17) is 12.2 Å². The van der Waals surface area contributed by atoms with Gasteiger partial charge in [-0.25, -0.2) is 12.8 Å². The summed E-state index contributed by atoms with van der Waals surface area (Å²) in [6, 6.07) is 2.33. The summed E-state index contributed by atoms with van der Waals surface area (Å²) in [5, 5.41) is 0.